The molecule has 1 saturated carbocycles. The van der Waals surface area contributed by atoms with Crippen molar-refractivity contribution in [2.24, 2.45) is 5.41 Å². The van der Waals surface area contributed by atoms with Crippen molar-refractivity contribution in [2.45, 2.75) is 32.1 Å². The van der Waals surface area contributed by atoms with Gasteiger partial charge in [-0.1, -0.05) is 37.5 Å². The zero-order chi connectivity index (χ0) is 15.5. The second-order valence-electron chi connectivity index (χ2n) is 5.31. The van der Waals surface area contributed by atoms with E-state index in [1.807, 2.05) is 0 Å². The lowest BCUT2D eigenvalue weighted by atomic mass is 9.69. The lowest BCUT2D eigenvalue weighted by molar-refractivity contribution is -0.151. The van der Waals surface area contributed by atoms with E-state index < -0.39 is 23.1 Å². The van der Waals surface area contributed by atoms with Crippen LogP contribution in [0.4, 0.5) is 0 Å². The molecule has 1 aliphatic carbocycles. The molecular formula is C16H18O5. The number of carboxylic acid groups (broad SMARTS) is 1. The highest BCUT2D eigenvalue weighted by atomic mass is 16.5. The number of esters is 1. The van der Waals surface area contributed by atoms with Crippen molar-refractivity contribution in [2.75, 3.05) is 7.11 Å². The fraction of sp³-hybridized carbons (Fsp3) is 0.438. The third kappa shape index (κ3) is 2.68. The molecule has 0 spiro atoms. The van der Waals surface area contributed by atoms with E-state index in [0.29, 0.717) is 12.8 Å². The van der Waals surface area contributed by atoms with Gasteiger partial charge in [0, 0.05) is 5.56 Å². The third-order valence-electron chi connectivity index (χ3n) is 4.12. The SMILES string of the molecule is COC(=O)C1(C(=O)c2ccccc2C(=O)O)CCCCC1. The van der Waals surface area contributed by atoms with Crippen molar-refractivity contribution in [1.29, 1.82) is 0 Å². The van der Waals surface area contributed by atoms with E-state index in [1.54, 1.807) is 12.1 Å². The molecule has 0 bridgehead atoms. The largest absolute Gasteiger partial charge is 0.478 e. The van der Waals surface area contributed by atoms with E-state index in [9.17, 15) is 19.5 Å². The first-order valence-electron chi connectivity index (χ1n) is 6.98. The molecule has 112 valence electrons. The van der Waals surface area contributed by atoms with Crippen molar-refractivity contribution in [3.8, 4) is 0 Å². The number of hydrogen-bond acceptors (Lipinski definition) is 4. The van der Waals surface area contributed by atoms with Gasteiger partial charge in [-0.05, 0) is 18.9 Å². The summed E-state index contributed by atoms with van der Waals surface area (Å²) in [6.45, 7) is 0. The zero-order valence-electron chi connectivity index (χ0n) is 11.9. The lowest BCUT2D eigenvalue weighted by Gasteiger charge is -2.33. The van der Waals surface area contributed by atoms with Crippen molar-refractivity contribution < 1.29 is 24.2 Å². The van der Waals surface area contributed by atoms with Crippen LogP contribution < -0.4 is 0 Å². The fourth-order valence-electron chi connectivity index (χ4n) is 3.00. The third-order valence-corrected chi connectivity index (χ3v) is 4.12. The maximum atomic E-state index is 12.9. The Bertz CT molecular complexity index is 570. The van der Waals surface area contributed by atoms with E-state index in [-0.39, 0.29) is 11.1 Å². The first-order valence-corrected chi connectivity index (χ1v) is 6.98. The number of Topliss-reactive ketones (excluding diaryl/α,β-unsaturated/α-hetero) is 1. The van der Waals surface area contributed by atoms with Crippen LogP contribution in [0.2, 0.25) is 0 Å². The summed E-state index contributed by atoms with van der Waals surface area (Å²) in [5.74, 6) is -2.17. The van der Waals surface area contributed by atoms with Gasteiger partial charge in [-0.25, -0.2) is 4.79 Å². The molecule has 0 heterocycles. The normalized spacial score (nSPS) is 17.0. The Balaban J connectivity index is 2.49. The molecule has 1 aromatic carbocycles. The van der Waals surface area contributed by atoms with Gasteiger partial charge in [-0.3, -0.25) is 9.59 Å². The number of methoxy groups -OCH3 is 1. The van der Waals surface area contributed by atoms with E-state index in [0.717, 1.165) is 19.3 Å². The van der Waals surface area contributed by atoms with Crippen LogP contribution in [0, 0.1) is 5.41 Å². The molecule has 0 atom stereocenters. The highest BCUT2D eigenvalue weighted by Crippen LogP contribution is 2.40. The van der Waals surface area contributed by atoms with Crippen LogP contribution in [0.1, 0.15) is 52.8 Å². The van der Waals surface area contributed by atoms with Crippen LogP contribution in [0.5, 0.6) is 0 Å². The summed E-state index contributed by atoms with van der Waals surface area (Å²) >= 11 is 0. The van der Waals surface area contributed by atoms with Crippen molar-refractivity contribution >= 4 is 17.7 Å². The Morgan fingerprint density at radius 1 is 1.05 bits per heavy atom. The second kappa shape index (κ2) is 6.08. The van der Waals surface area contributed by atoms with Gasteiger partial charge in [0.25, 0.3) is 0 Å². The van der Waals surface area contributed by atoms with Gasteiger partial charge in [0.1, 0.15) is 5.41 Å². The topological polar surface area (TPSA) is 80.7 Å². The molecule has 0 saturated heterocycles. The van der Waals surface area contributed by atoms with Crippen molar-refractivity contribution in [3.05, 3.63) is 35.4 Å². The van der Waals surface area contributed by atoms with Gasteiger partial charge in [0.2, 0.25) is 0 Å². The average molecular weight is 290 g/mol. The lowest BCUT2D eigenvalue weighted by Crippen LogP contribution is -2.42. The Hall–Kier alpha value is -2.17. The molecule has 1 aliphatic rings. The number of benzene rings is 1. The van der Waals surface area contributed by atoms with E-state index >= 15 is 0 Å². The quantitative estimate of drug-likeness (QED) is 0.524. The summed E-state index contributed by atoms with van der Waals surface area (Å²) < 4.78 is 4.83. The molecule has 1 N–H and O–H groups in total. The Morgan fingerprint density at radius 2 is 1.62 bits per heavy atom. The molecule has 5 heteroatoms. The molecule has 21 heavy (non-hydrogen) atoms. The summed E-state index contributed by atoms with van der Waals surface area (Å²) in [4.78, 5) is 36.4. The summed E-state index contributed by atoms with van der Waals surface area (Å²) in [5, 5.41) is 9.22. The molecule has 1 fully saturated rings. The standard InChI is InChI=1S/C16H18O5/c1-21-15(20)16(9-5-2-6-10-16)13(17)11-7-3-4-8-12(11)14(18)19/h3-4,7-8H,2,5-6,9-10H2,1H3,(H,18,19). The number of carbonyl (C=O) groups is 3. The maximum Gasteiger partial charge on any atom is 0.336 e. The highest BCUT2D eigenvalue weighted by molar-refractivity contribution is 6.16. The number of carbonyl (C=O) groups excluding carboxylic acids is 2. The minimum Gasteiger partial charge on any atom is -0.478 e. The molecule has 1 aromatic rings. The van der Waals surface area contributed by atoms with Crippen molar-refractivity contribution in [1.82, 2.24) is 0 Å². The van der Waals surface area contributed by atoms with Crippen LogP contribution in [-0.4, -0.2) is 29.9 Å². The Morgan fingerprint density at radius 3 is 2.14 bits per heavy atom. The molecular weight excluding hydrogens is 272 g/mol. The van der Waals surface area contributed by atoms with Gasteiger partial charge in [-0.15, -0.1) is 0 Å². The number of hydrogen-bond donors (Lipinski definition) is 1. The molecule has 5 nitrogen and oxygen atoms in total. The second-order valence-corrected chi connectivity index (χ2v) is 5.31. The Kier molecular flexibility index (Phi) is 4.40. The van der Waals surface area contributed by atoms with Crippen LogP contribution in [0.25, 0.3) is 0 Å². The molecule has 2 rings (SSSR count). The van der Waals surface area contributed by atoms with Crippen LogP contribution in [-0.2, 0) is 9.53 Å². The summed E-state index contributed by atoms with van der Waals surface area (Å²) in [5.41, 5.74) is -1.23. The zero-order valence-corrected chi connectivity index (χ0v) is 11.9. The first-order chi connectivity index (χ1) is 10.0. The predicted molar refractivity (Wildman–Crippen MR) is 75.3 cm³/mol. The van der Waals surface area contributed by atoms with Gasteiger partial charge in [-0.2, -0.15) is 0 Å². The number of carboxylic acids is 1. The minimum atomic E-state index is -1.24. The fourth-order valence-corrected chi connectivity index (χ4v) is 3.00. The molecule has 0 radical (unpaired) electrons. The maximum absolute atomic E-state index is 12.9. The van der Waals surface area contributed by atoms with Crippen LogP contribution in [0.15, 0.2) is 24.3 Å². The molecule has 0 amide bonds. The molecule has 0 aromatic heterocycles. The summed E-state index contributed by atoms with van der Waals surface area (Å²) in [6, 6.07) is 6.01. The monoisotopic (exact) mass is 290 g/mol. The van der Waals surface area contributed by atoms with Gasteiger partial charge >= 0.3 is 11.9 Å². The van der Waals surface area contributed by atoms with E-state index in [4.69, 9.17) is 4.74 Å². The number of ketones is 1. The first kappa shape index (κ1) is 15.2. The highest BCUT2D eigenvalue weighted by Gasteiger charge is 2.48. The number of aromatic carboxylic acids is 1. The predicted octanol–water partition coefficient (Wildman–Crippen LogP) is 2.69. The molecule has 0 unspecified atom stereocenters. The van der Waals surface area contributed by atoms with Crippen LogP contribution in [0.3, 0.4) is 0 Å². The summed E-state index contributed by atoms with van der Waals surface area (Å²) in [6.07, 6.45) is 3.30. The van der Waals surface area contributed by atoms with Crippen molar-refractivity contribution in [3.63, 3.8) is 0 Å². The van der Waals surface area contributed by atoms with Gasteiger partial charge < -0.3 is 9.84 Å². The smallest absolute Gasteiger partial charge is 0.336 e. The summed E-state index contributed by atoms with van der Waals surface area (Å²) in [7, 11) is 1.26. The average Bonchev–Trinajstić information content (AvgIpc) is 2.53. The van der Waals surface area contributed by atoms with Gasteiger partial charge in [0.15, 0.2) is 5.78 Å². The minimum absolute atomic E-state index is 0.0728. The number of rotatable bonds is 4. The Labute approximate surface area is 122 Å². The van der Waals surface area contributed by atoms with E-state index in [1.165, 1.54) is 19.2 Å². The van der Waals surface area contributed by atoms with Crippen LogP contribution >= 0.6 is 0 Å². The van der Waals surface area contributed by atoms with Gasteiger partial charge in [0.05, 0.1) is 12.7 Å². The molecule has 0 aliphatic heterocycles. The number of ether oxygens (including phenoxy) is 1. The van der Waals surface area contributed by atoms with E-state index in [2.05, 4.69) is 0 Å².